The molecular formula is C15H19N4O4. The van der Waals surface area contributed by atoms with Crippen LogP contribution in [0.3, 0.4) is 0 Å². The number of aromatic nitrogens is 2. The SMILES string of the molecule is CC1(C)CC(c2ccc([N+](=O)[O-])c3nonc23)CC(C)(C)N1[O]. The van der Waals surface area contributed by atoms with E-state index in [4.69, 9.17) is 4.63 Å². The summed E-state index contributed by atoms with van der Waals surface area (Å²) in [4.78, 5) is 10.6. The Hall–Kier alpha value is -2.06. The van der Waals surface area contributed by atoms with Gasteiger partial charge in [0.2, 0.25) is 5.52 Å². The summed E-state index contributed by atoms with van der Waals surface area (Å²) < 4.78 is 4.74. The van der Waals surface area contributed by atoms with E-state index in [0.29, 0.717) is 18.4 Å². The number of rotatable bonds is 2. The zero-order valence-electron chi connectivity index (χ0n) is 13.6. The highest BCUT2D eigenvalue weighted by molar-refractivity contribution is 5.86. The second kappa shape index (κ2) is 4.97. The lowest BCUT2D eigenvalue weighted by molar-refractivity contribution is -0.383. The highest BCUT2D eigenvalue weighted by atomic mass is 16.6. The molecule has 8 nitrogen and oxygen atoms in total. The molecule has 1 aromatic heterocycles. The number of hydroxylamine groups is 2. The van der Waals surface area contributed by atoms with Gasteiger partial charge in [-0.1, -0.05) is 0 Å². The minimum Gasteiger partial charge on any atom is -0.258 e. The minimum absolute atomic E-state index is 0.0559. The zero-order valence-corrected chi connectivity index (χ0v) is 13.6. The first-order valence-electron chi connectivity index (χ1n) is 7.50. The number of fused-ring (bicyclic) bond motifs is 1. The van der Waals surface area contributed by atoms with Gasteiger partial charge < -0.3 is 0 Å². The summed E-state index contributed by atoms with van der Waals surface area (Å²) >= 11 is 0. The second-order valence-electron chi connectivity index (χ2n) is 7.42. The van der Waals surface area contributed by atoms with Crippen LogP contribution in [0.15, 0.2) is 16.8 Å². The van der Waals surface area contributed by atoms with Gasteiger partial charge in [0, 0.05) is 17.1 Å². The number of hydrogen-bond acceptors (Lipinski definition) is 6. The Balaban J connectivity index is 2.09. The summed E-state index contributed by atoms with van der Waals surface area (Å²) in [6, 6.07) is 3.15. The summed E-state index contributed by atoms with van der Waals surface area (Å²) in [6.45, 7) is 7.66. The first-order chi connectivity index (χ1) is 10.6. The van der Waals surface area contributed by atoms with Crippen molar-refractivity contribution >= 4 is 16.7 Å². The van der Waals surface area contributed by atoms with Gasteiger partial charge in [-0.05, 0) is 68.4 Å². The molecule has 0 saturated carbocycles. The highest BCUT2D eigenvalue weighted by Crippen LogP contribution is 2.46. The van der Waals surface area contributed by atoms with Crippen LogP contribution in [0.5, 0.6) is 0 Å². The Morgan fingerprint density at radius 1 is 1.17 bits per heavy atom. The Morgan fingerprint density at radius 2 is 1.74 bits per heavy atom. The van der Waals surface area contributed by atoms with E-state index < -0.39 is 16.0 Å². The molecule has 1 aliphatic heterocycles. The quantitative estimate of drug-likeness (QED) is 0.621. The van der Waals surface area contributed by atoms with Crippen molar-refractivity contribution in [3.63, 3.8) is 0 Å². The predicted octanol–water partition coefficient (Wildman–Crippen LogP) is 3.21. The molecule has 3 rings (SSSR count). The molecule has 1 aromatic carbocycles. The summed E-state index contributed by atoms with van der Waals surface area (Å²) in [5, 5.41) is 32.3. The molecule has 2 heterocycles. The lowest BCUT2D eigenvalue weighted by atomic mass is 9.72. The molecule has 8 heteroatoms. The maximum atomic E-state index is 12.5. The lowest BCUT2D eigenvalue weighted by Crippen LogP contribution is -2.57. The minimum atomic E-state index is -0.530. The summed E-state index contributed by atoms with van der Waals surface area (Å²) in [7, 11) is 0. The normalized spacial score (nSPS) is 21.6. The molecule has 0 aliphatic carbocycles. The maximum absolute atomic E-state index is 12.5. The van der Waals surface area contributed by atoms with Crippen LogP contribution < -0.4 is 0 Å². The summed E-state index contributed by atoms with van der Waals surface area (Å²) in [5.41, 5.74) is 0.240. The van der Waals surface area contributed by atoms with E-state index in [1.807, 2.05) is 27.7 Å². The van der Waals surface area contributed by atoms with Crippen LogP contribution in [-0.4, -0.2) is 31.4 Å². The van der Waals surface area contributed by atoms with Crippen LogP contribution >= 0.6 is 0 Å². The molecule has 0 unspecified atom stereocenters. The molecule has 0 amide bonds. The number of benzene rings is 1. The maximum Gasteiger partial charge on any atom is 0.300 e. The average molecular weight is 319 g/mol. The fourth-order valence-corrected chi connectivity index (χ4v) is 3.83. The van der Waals surface area contributed by atoms with E-state index in [2.05, 4.69) is 10.3 Å². The van der Waals surface area contributed by atoms with Gasteiger partial charge in [-0.15, -0.1) is 10.3 Å². The van der Waals surface area contributed by atoms with Crippen molar-refractivity contribution in [2.75, 3.05) is 0 Å². The fourth-order valence-electron chi connectivity index (χ4n) is 3.83. The van der Waals surface area contributed by atoms with Crippen molar-refractivity contribution in [1.29, 1.82) is 0 Å². The van der Waals surface area contributed by atoms with E-state index >= 15 is 0 Å². The largest absolute Gasteiger partial charge is 0.300 e. The number of hydrogen-bond donors (Lipinski definition) is 0. The number of nitro groups is 1. The Kier molecular flexibility index (Phi) is 3.42. The van der Waals surface area contributed by atoms with Crippen LogP contribution in [0.1, 0.15) is 52.0 Å². The number of non-ortho nitro benzene ring substituents is 1. The third-order valence-electron chi connectivity index (χ3n) is 4.65. The highest BCUT2D eigenvalue weighted by Gasteiger charge is 2.47. The Bertz CT molecular complexity index is 750. The van der Waals surface area contributed by atoms with Gasteiger partial charge in [0.25, 0.3) is 0 Å². The molecular weight excluding hydrogens is 300 g/mol. The smallest absolute Gasteiger partial charge is 0.258 e. The Morgan fingerprint density at radius 3 is 2.30 bits per heavy atom. The van der Waals surface area contributed by atoms with Crippen molar-refractivity contribution < 1.29 is 14.8 Å². The van der Waals surface area contributed by atoms with E-state index in [-0.39, 0.29) is 17.1 Å². The predicted molar refractivity (Wildman–Crippen MR) is 81.1 cm³/mol. The molecule has 0 bridgehead atoms. The van der Waals surface area contributed by atoms with Crippen LogP contribution in [0.2, 0.25) is 0 Å². The van der Waals surface area contributed by atoms with Crippen molar-refractivity contribution in [3.8, 4) is 0 Å². The van der Waals surface area contributed by atoms with E-state index in [1.165, 1.54) is 6.07 Å². The van der Waals surface area contributed by atoms with Gasteiger partial charge in [0.05, 0.1) is 4.92 Å². The van der Waals surface area contributed by atoms with Gasteiger partial charge >= 0.3 is 5.69 Å². The van der Waals surface area contributed by atoms with Crippen molar-refractivity contribution in [2.24, 2.45) is 0 Å². The number of nitrogens with zero attached hydrogens (tertiary/aromatic N) is 4. The topological polar surface area (TPSA) is 105 Å². The second-order valence-corrected chi connectivity index (χ2v) is 7.42. The first-order valence-corrected chi connectivity index (χ1v) is 7.50. The monoisotopic (exact) mass is 319 g/mol. The fraction of sp³-hybridized carbons (Fsp3) is 0.600. The van der Waals surface area contributed by atoms with Gasteiger partial charge in [0.15, 0.2) is 0 Å². The average Bonchev–Trinajstić information content (AvgIpc) is 2.91. The van der Waals surface area contributed by atoms with Crippen molar-refractivity contribution in [1.82, 2.24) is 15.4 Å². The van der Waals surface area contributed by atoms with Crippen LogP contribution in [0.4, 0.5) is 5.69 Å². The lowest BCUT2D eigenvalue weighted by Gasteiger charge is -2.50. The molecule has 0 N–H and O–H groups in total. The zero-order chi connectivity index (χ0) is 17.0. The molecule has 0 atom stereocenters. The first kappa shape index (κ1) is 15.8. The third-order valence-corrected chi connectivity index (χ3v) is 4.65. The van der Waals surface area contributed by atoms with Crippen LogP contribution in [0.25, 0.3) is 11.0 Å². The third kappa shape index (κ3) is 2.47. The van der Waals surface area contributed by atoms with Gasteiger partial charge in [-0.25, -0.2) is 4.63 Å². The van der Waals surface area contributed by atoms with E-state index in [1.54, 1.807) is 6.07 Å². The van der Waals surface area contributed by atoms with E-state index in [9.17, 15) is 15.3 Å². The number of piperidine rings is 1. The molecule has 2 aromatic rings. The van der Waals surface area contributed by atoms with Crippen LogP contribution in [-0.2, 0) is 5.21 Å². The summed E-state index contributed by atoms with van der Waals surface area (Å²) in [5.74, 6) is 0.0559. The number of nitro benzene ring substituents is 1. The molecule has 123 valence electrons. The van der Waals surface area contributed by atoms with Crippen molar-refractivity contribution in [2.45, 2.75) is 57.5 Å². The van der Waals surface area contributed by atoms with Gasteiger partial charge in [0.1, 0.15) is 5.52 Å². The molecule has 1 fully saturated rings. The van der Waals surface area contributed by atoms with E-state index in [0.717, 1.165) is 10.6 Å². The molecule has 1 aliphatic rings. The molecule has 23 heavy (non-hydrogen) atoms. The van der Waals surface area contributed by atoms with Crippen molar-refractivity contribution in [3.05, 3.63) is 27.8 Å². The Labute approximate surface area is 133 Å². The van der Waals surface area contributed by atoms with Gasteiger partial charge in [-0.3, -0.25) is 10.1 Å². The molecule has 1 saturated heterocycles. The summed E-state index contributed by atoms with van der Waals surface area (Å²) in [6.07, 6.45) is 1.28. The molecule has 0 spiro atoms. The van der Waals surface area contributed by atoms with Gasteiger partial charge in [-0.2, -0.15) is 0 Å². The standard InChI is InChI=1S/C15H19N4O4/c1-14(2)7-9(8-15(3,4)19(14)22)10-5-6-11(18(20)21)13-12(10)16-23-17-13/h5-6,9H,7-8H2,1-4H3. The molecule has 1 radical (unpaired) electrons. The van der Waals surface area contributed by atoms with Crippen LogP contribution in [0, 0.1) is 10.1 Å².